The Kier molecular flexibility index (Phi) is 3.88. The number of hydrogen-bond acceptors (Lipinski definition) is 3. The summed E-state index contributed by atoms with van der Waals surface area (Å²) in [5, 5.41) is 15.3. The molecule has 1 aromatic heterocycles. The van der Waals surface area contributed by atoms with Crippen LogP contribution in [0.2, 0.25) is 0 Å². The maximum absolute atomic E-state index is 11.8. The Labute approximate surface area is 99.6 Å². The summed E-state index contributed by atoms with van der Waals surface area (Å²) >= 11 is 0. The average Bonchev–Trinajstić information content (AvgIpc) is 2.66. The lowest BCUT2D eigenvalue weighted by molar-refractivity contribution is -0.143. The fraction of sp³-hybridized carbons (Fsp3) is 0.545. The number of carbonyl (C=O) groups excluding carboxylic acids is 1. The molecule has 6 heteroatoms. The smallest absolute Gasteiger partial charge is 0.328 e. The van der Waals surface area contributed by atoms with Crippen LogP contribution >= 0.6 is 0 Å². The molecular formula is C11H17N3O3. The van der Waals surface area contributed by atoms with Crippen molar-refractivity contribution in [3.8, 4) is 0 Å². The highest BCUT2D eigenvalue weighted by atomic mass is 16.4. The highest BCUT2D eigenvalue weighted by Crippen LogP contribution is 2.05. The third-order valence-electron chi connectivity index (χ3n) is 2.31. The molecule has 0 bridgehead atoms. The van der Waals surface area contributed by atoms with E-state index in [4.69, 9.17) is 5.11 Å². The van der Waals surface area contributed by atoms with Crippen molar-refractivity contribution in [2.75, 3.05) is 0 Å². The van der Waals surface area contributed by atoms with E-state index in [1.54, 1.807) is 10.9 Å². The van der Waals surface area contributed by atoms with Crippen molar-refractivity contribution in [3.05, 3.63) is 18.0 Å². The first-order chi connectivity index (χ1) is 7.86. The number of aliphatic carboxylic acids is 1. The zero-order valence-corrected chi connectivity index (χ0v) is 10.2. The Morgan fingerprint density at radius 2 is 2.18 bits per heavy atom. The van der Waals surface area contributed by atoms with Gasteiger partial charge in [0, 0.05) is 12.7 Å². The second-order valence-corrected chi connectivity index (χ2v) is 4.38. The van der Waals surface area contributed by atoms with Gasteiger partial charge in [0.2, 0.25) is 0 Å². The highest BCUT2D eigenvalue weighted by Gasteiger charge is 2.29. The number of rotatable bonds is 5. The number of nitrogens with zero attached hydrogens (tertiary/aromatic N) is 2. The predicted octanol–water partition coefficient (Wildman–Crippen LogP) is 0.886. The van der Waals surface area contributed by atoms with Crippen LogP contribution in [0.3, 0.4) is 0 Å². The Balaban J connectivity index is 2.73. The first-order valence-electron chi connectivity index (χ1n) is 5.45. The van der Waals surface area contributed by atoms with Gasteiger partial charge in [0.05, 0.1) is 11.8 Å². The van der Waals surface area contributed by atoms with Crippen LogP contribution in [-0.2, 0) is 11.3 Å². The fourth-order valence-electron chi connectivity index (χ4n) is 1.24. The monoisotopic (exact) mass is 239 g/mol. The number of amides is 1. The normalized spacial score (nSPS) is 11.2. The third kappa shape index (κ3) is 3.30. The van der Waals surface area contributed by atoms with Crippen LogP contribution in [0.15, 0.2) is 12.4 Å². The first-order valence-corrected chi connectivity index (χ1v) is 5.45. The molecule has 0 aromatic carbocycles. The van der Waals surface area contributed by atoms with E-state index in [9.17, 15) is 9.59 Å². The minimum atomic E-state index is -1.29. The molecule has 6 nitrogen and oxygen atoms in total. The van der Waals surface area contributed by atoms with Crippen LogP contribution < -0.4 is 5.32 Å². The molecule has 0 fully saturated rings. The Morgan fingerprint density at radius 1 is 1.53 bits per heavy atom. The molecule has 1 rings (SSSR count). The van der Waals surface area contributed by atoms with E-state index in [-0.39, 0.29) is 0 Å². The second kappa shape index (κ2) is 4.99. The van der Waals surface area contributed by atoms with E-state index in [2.05, 4.69) is 10.4 Å². The Bertz CT molecular complexity index is 423. The number of carboxylic acids is 1. The summed E-state index contributed by atoms with van der Waals surface area (Å²) < 4.78 is 1.66. The number of aryl methyl sites for hydroxylation is 1. The number of carboxylic acid groups (broad SMARTS) is 1. The molecule has 0 radical (unpaired) electrons. The number of carbonyl (C=O) groups is 2. The van der Waals surface area contributed by atoms with Gasteiger partial charge in [-0.05, 0) is 20.3 Å². The summed E-state index contributed by atoms with van der Waals surface area (Å²) in [7, 11) is 0. The van der Waals surface area contributed by atoms with Gasteiger partial charge < -0.3 is 10.4 Å². The minimum absolute atomic E-state index is 0.368. The maximum atomic E-state index is 11.8. The molecule has 0 aliphatic heterocycles. The van der Waals surface area contributed by atoms with Crippen molar-refractivity contribution in [1.82, 2.24) is 15.1 Å². The molecule has 1 heterocycles. The summed E-state index contributed by atoms with van der Waals surface area (Å²) in [6.07, 6.45) is 3.96. The van der Waals surface area contributed by atoms with Crippen molar-refractivity contribution in [3.63, 3.8) is 0 Å². The van der Waals surface area contributed by atoms with Gasteiger partial charge in [-0.3, -0.25) is 9.48 Å². The van der Waals surface area contributed by atoms with E-state index >= 15 is 0 Å². The van der Waals surface area contributed by atoms with E-state index < -0.39 is 17.4 Å². The summed E-state index contributed by atoms with van der Waals surface area (Å²) in [5.74, 6) is -1.51. The first kappa shape index (κ1) is 13.2. The molecule has 0 aliphatic rings. The topological polar surface area (TPSA) is 84.2 Å². The van der Waals surface area contributed by atoms with Crippen molar-refractivity contribution >= 4 is 11.9 Å². The Hall–Kier alpha value is -1.85. The van der Waals surface area contributed by atoms with Crippen LogP contribution in [0.4, 0.5) is 0 Å². The summed E-state index contributed by atoms with van der Waals surface area (Å²) in [6.45, 7) is 5.61. The zero-order valence-electron chi connectivity index (χ0n) is 10.2. The van der Waals surface area contributed by atoms with Gasteiger partial charge in [0.1, 0.15) is 5.54 Å². The van der Waals surface area contributed by atoms with Crippen LogP contribution in [0.5, 0.6) is 0 Å². The van der Waals surface area contributed by atoms with Gasteiger partial charge >= 0.3 is 5.97 Å². The number of hydrogen-bond donors (Lipinski definition) is 2. The molecule has 94 valence electrons. The maximum Gasteiger partial charge on any atom is 0.328 e. The lowest BCUT2D eigenvalue weighted by Gasteiger charge is -2.20. The lowest BCUT2D eigenvalue weighted by Crippen LogP contribution is -2.49. The van der Waals surface area contributed by atoms with E-state index in [1.165, 1.54) is 20.0 Å². The average molecular weight is 239 g/mol. The summed E-state index contributed by atoms with van der Waals surface area (Å²) in [5.41, 5.74) is -0.919. The van der Waals surface area contributed by atoms with Gasteiger partial charge in [0.25, 0.3) is 5.91 Å². The van der Waals surface area contributed by atoms with Crippen molar-refractivity contribution in [2.24, 2.45) is 0 Å². The van der Waals surface area contributed by atoms with Gasteiger partial charge in [-0.2, -0.15) is 5.10 Å². The van der Waals surface area contributed by atoms with Gasteiger partial charge in [-0.25, -0.2) is 4.79 Å². The van der Waals surface area contributed by atoms with Gasteiger partial charge in [-0.15, -0.1) is 0 Å². The van der Waals surface area contributed by atoms with Gasteiger partial charge in [0.15, 0.2) is 0 Å². The summed E-state index contributed by atoms with van der Waals surface area (Å²) in [6, 6.07) is 0. The predicted molar refractivity (Wildman–Crippen MR) is 61.7 cm³/mol. The van der Waals surface area contributed by atoms with E-state index in [0.717, 1.165) is 13.0 Å². The van der Waals surface area contributed by atoms with Crippen LogP contribution in [0.25, 0.3) is 0 Å². The van der Waals surface area contributed by atoms with E-state index in [0.29, 0.717) is 5.56 Å². The molecule has 2 N–H and O–H groups in total. The van der Waals surface area contributed by atoms with Crippen molar-refractivity contribution in [1.29, 1.82) is 0 Å². The van der Waals surface area contributed by atoms with Crippen LogP contribution in [-0.4, -0.2) is 32.3 Å². The summed E-state index contributed by atoms with van der Waals surface area (Å²) in [4.78, 5) is 22.6. The van der Waals surface area contributed by atoms with Gasteiger partial charge in [-0.1, -0.05) is 6.92 Å². The molecule has 0 atom stereocenters. The molecule has 0 saturated heterocycles. The molecule has 0 spiro atoms. The van der Waals surface area contributed by atoms with Crippen molar-refractivity contribution in [2.45, 2.75) is 39.3 Å². The second-order valence-electron chi connectivity index (χ2n) is 4.38. The standard InChI is InChI=1S/C11H17N3O3/c1-4-5-14-7-8(6-12-14)9(15)13-11(2,3)10(16)17/h6-7H,4-5H2,1-3H3,(H,13,15)(H,16,17). The SMILES string of the molecule is CCCn1cc(C(=O)NC(C)(C)C(=O)O)cn1. The lowest BCUT2D eigenvalue weighted by atomic mass is 10.1. The highest BCUT2D eigenvalue weighted by molar-refractivity contribution is 5.97. The molecule has 1 amide bonds. The van der Waals surface area contributed by atoms with Crippen molar-refractivity contribution < 1.29 is 14.7 Å². The Morgan fingerprint density at radius 3 is 2.71 bits per heavy atom. The largest absolute Gasteiger partial charge is 0.480 e. The molecule has 0 saturated carbocycles. The van der Waals surface area contributed by atoms with Crippen LogP contribution in [0.1, 0.15) is 37.6 Å². The quantitative estimate of drug-likeness (QED) is 0.799. The molecule has 1 aromatic rings. The fourth-order valence-corrected chi connectivity index (χ4v) is 1.24. The number of nitrogens with one attached hydrogen (secondary N) is 1. The molecule has 0 aliphatic carbocycles. The molecule has 0 unspecified atom stereocenters. The zero-order chi connectivity index (χ0) is 13.1. The molecular weight excluding hydrogens is 222 g/mol. The minimum Gasteiger partial charge on any atom is -0.480 e. The van der Waals surface area contributed by atoms with Crippen LogP contribution in [0, 0.1) is 0 Å². The third-order valence-corrected chi connectivity index (χ3v) is 2.31. The number of aromatic nitrogens is 2. The van der Waals surface area contributed by atoms with E-state index in [1.807, 2.05) is 6.92 Å². The molecule has 17 heavy (non-hydrogen) atoms.